The van der Waals surface area contributed by atoms with Gasteiger partial charge in [0.15, 0.2) is 0 Å². The molecule has 4 nitrogen and oxygen atoms in total. The van der Waals surface area contributed by atoms with Crippen LogP contribution in [0.4, 0.5) is 0 Å². The average molecular weight is 363 g/mol. The van der Waals surface area contributed by atoms with Crippen LogP contribution in [0.3, 0.4) is 0 Å². The van der Waals surface area contributed by atoms with Crippen LogP contribution in [-0.4, -0.2) is 29.0 Å². The number of pyridine rings is 1. The fourth-order valence-electron chi connectivity index (χ4n) is 3.62. The minimum absolute atomic E-state index is 0.300. The molecule has 4 heteroatoms. The van der Waals surface area contributed by atoms with E-state index in [1.54, 1.807) is 6.20 Å². The Morgan fingerprint density at radius 2 is 2.00 bits per heavy atom. The standard InChI is InChI=1S/C23H30N4/c1-18-8-9-21(15-26-18)22-13-19(6-3-2-4-10-24)12-20(14-22)16-27-11-5-7-23(25)17-27/h2-4,8-10,12-15,23H,5-7,11,16-17,24-25H2,1H3/b3-2-,10-4-. The molecule has 1 fully saturated rings. The summed E-state index contributed by atoms with van der Waals surface area (Å²) in [5, 5.41) is 0. The number of benzene rings is 1. The molecule has 0 bridgehead atoms. The van der Waals surface area contributed by atoms with Gasteiger partial charge >= 0.3 is 0 Å². The number of hydrogen-bond donors (Lipinski definition) is 2. The molecular formula is C23H30N4. The Bertz CT molecular complexity index is 793. The summed E-state index contributed by atoms with van der Waals surface area (Å²) in [6.45, 7) is 5.06. The first-order valence-electron chi connectivity index (χ1n) is 9.71. The molecule has 0 saturated carbocycles. The Morgan fingerprint density at radius 1 is 1.15 bits per heavy atom. The molecule has 0 radical (unpaired) electrons. The molecule has 1 unspecified atom stereocenters. The van der Waals surface area contributed by atoms with Crippen molar-refractivity contribution in [1.82, 2.24) is 9.88 Å². The van der Waals surface area contributed by atoms with Gasteiger partial charge in [-0.05, 0) is 73.8 Å². The zero-order valence-electron chi connectivity index (χ0n) is 16.1. The van der Waals surface area contributed by atoms with E-state index in [1.165, 1.54) is 23.1 Å². The van der Waals surface area contributed by atoms with Crippen LogP contribution in [0.5, 0.6) is 0 Å². The number of piperidine rings is 1. The van der Waals surface area contributed by atoms with Gasteiger partial charge in [-0.25, -0.2) is 0 Å². The van der Waals surface area contributed by atoms with Crippen LogP contribution < -0.4 is 11.5 Å². The Kier molecular flexibility index (Phi) is 6.80. The molecule has 1 aromatic carbocycles. The summed E-state index contributed by atoms with van der Waals surface area (Å²) in [4.78, 5) is 6.93. The van der Waals surface area contributed by atoms with Gasteiger partial charge in [-0.2, -0.15) is 0 Å². The predicted molar refractivity (Wildman–Crippen MR) is 113 cm³/mol. The van der Waals surface area contributed by atoms with E-state index >= 15 is 0 Å². The zero-order valence-corrected chi connectivity index (χ0v) is 16.1. The Balaban J connectivity index is 1.86. The minimum Gasteiger partial charge on any atom is -0.405 e. The highest BCUT2D eigenvalue weighted by atomic mass is 15.1. The number of allylic oxidation sites excluding steroid dienone is 3. The highest BCUT2D eigenvalue weighted by Gasteiger charge is 2.17. The highest BCUT2D eigenvalue weighted by molar-refractivity contribution is 5.64. The quantitative estimate of drug-likeness (QED) is 0.771. The molecule has 27 heavy (non-hydrogen) atoms. The van der Waals surface area contributed by atoms with Gasteiger partial charge in [0.25, 0.3) is 0 Å². The number of hydrogen-bond acceptors (Lipinski definition) is 4. The van der Waals surface area contributed by atoms with Crippen molar-refractivity contribution >= 4 is 0 Å². The molecule has 2 aromatic rings. The molecule has 1 aliphatic heterocycles. The third-order valence-corrected chi connectivity index (χ3v) is 4.96. The van der Waals surface area contributed by atoms with Crippen molar-refractivity contribution in [3.8, 4) is 11.1 Å². The number of nitrogens with two attached hydrogens (primary N) is 2. The van der Waals surface area contributed by atoms with Gasteiger partial charge < -0.3 is 11.5 Å². The van der Waals surface area contributed by atoms with Gasteiger partial charge in [0.2, 0.25) is 0 Å². The van der Waals surface area contributed by atoms with Crippen LogP contribution >= 0.6 is 0 Å². The van der Waals surface area contributed by atoms with Crippen molar-refractivity contribution in [3.63, 3.8) is 0 Å². The molecular weight excluding hydrogens is 332 g/mol. The van der Waals surface area contributed by atoms with Crippen molar-refractivity contribution in [2.24, 2.45) is 11.5 Å². The van der Waals surface area contributed by atoms with Crippen molar-refractivity contribution in [2.45, 2.75) is 38.8 Å². The van der Waals surface area contributed by atoms with Crippen LogP contribution in [0, 0.1) is 6.92 Å². The van der Waals surface area contributed by atoms with Gasteiger partial charge in [-0.3, -0.25) is 9.88 Å². The monoisotopic (exact) mass is 362 g/mol. The van der Waals surface area contributed by atoms with E-state index in [4.69, 9.17) is 11.5 Å². The lowest BCUT2D eigenvalue weighted by Gasteiger charge is -2.30. The lowest BCUT2D eigenvalue weighted by Crippen LogP contribution is -2.42. The summed E-state index contributed by atoms with van der Waals surface area (Å²) in [5.41, 5.74) is 17.6. The summed E-state index contributed by atoms with van der Waals surface area (Å²) >= 11 is 0. The van der Waals surface area contributed by atoms with Crippen LogP contribution in [0.1, 0.15) is 29.7 Å². The maximum absolute atomic E-state index is 6.16. The van der Waals surface area contributed by atoms with Gasteiger partial charge in [0.05, 0.1) is 0 Å². The first kappa shape index (κ1) is 19.3. The smallest absolute Gasteiger partial charge is 0.0373 e. The minimum atomic E-state index is 0.300. The molecule has 1 aliphatic rings. The lowest BCUT2D eigenvalue weighted by atomic mass is 9.98. The molecule has 3 rings (SSSR count). The number of aromatic nitrogens is 1. The SMILES string of the molecule is Cc1ccc(-c2cc(C/C=C\C=C/N)cc(CN3CCCC(N)C3)c2)cn1. The molecule has 0 aliphatic carbocycles. The summed E-state index contributed by atoms with van der Waals surface area (Å²) in [5.74, 6) is 0. The van der Waals surface area contributed by atoms with E-state index in [0.717, 1.165) is 43.7 Å². The van der Waals surface area contributed by atoms with Crippen molar-refractivity contribution in [2.75, 3.05) is 13.1 Å². The Labute approximate surface area is 162 Å². The second-order valence-electron chi connectivity index (χ2n) is 7.38. The fourth-order valence-corrected chi connectivity index (χ4v) is 3.62. The normalized spacial score (nSPS) is 18.5. The molecule has 0 spiro atoms. The second-order valence-corrected chi connectivity index (χ2v) is 7.38. The first-order chi connectivity index (χ1) is 13.1. The van der Waals surface area contributed by atoms with Crippen molar-refractivity contribution < 1.29 is 0 Å². The largest absolute Gasteiger partial charge is 0.405 e. The summed E-state index contributed by atoms with van der Waals surface area (Å²) in [6, 6.07) is 11.4. The van der Waals surface area contributed by atoms with Gasteiger partial charge in [0.1, 0.15) is 0 Å². The van der Waals surface area contributed by atoms with E-state index in [9.17, 15) is 0 Å². The zero-order chi connectivity index (χ0) is 19.1. The molecule has 1 saturated heterocycles. The Morgan fingerprint density at radius 3 is 2.74 bits per heavy atom. The second kappa shape index (κ2) is 9.49. The van der Waals surface area contributed by atoms with E-state index in [2.05, 4.69) is 46.3 Å². The summed E-state index contributed by atoms with van der Waals surface area (Å²) in [7, 11) is 0. The average Bonchev–Trinajstić information content (AvgIpc) is 2.66. The third-order valence-electron chi connectivity index (χ3n) is 4.96. The van der Waals surface area contributed by atoms with Crippen molar-refractivity contribution in [3.05, 3.63) is 77.8 Å². The third kappa shape index (κ3) is 5.78. The van der Waals surface area contributed by atoms with Crippen molar-refractivity contribution in [1.29, 1.82) is 0 Å². The molecule has 4 N–H and O–H groups in total. The number of aryl methyl sites for hydroxylation is 1. The van der Waals surface area contributed by atoms with E-state index in [1.807, 2.05) is 25.3 Å². The maximum Gasteiger partial charge on any atom is 0.0373 e. The highest BCUT2D eigenvalue weighted by Crippen LogP contribution is 2.24. The van der Waals surface area contributed by atoms with E-state index in [-0.39, 0.29) is 0 Å². The van der Waals surface area contributed by atoms with Crippen LogP contribution in [-0.2, 0) is 13.0 Å². The lowest BCUT2D eigenvalue weighted by molar-refractivity contribution is 0.201. The fraction of sp³-hybridized carbons (Fsp3) is 0.348. The Hall–Kier alpha value is -2.43. The number of nitrogens with zero attached hydrogens (tertiary/aromatic N) is 2. The predicted octanol–water partition coefficient (Wildman–Crippen LogP) is 3.55. The first-order valence-corrected chi connectivity index (χ1v) is 9.71. The summed E-state index contributed by atoms with van der Waals surface area (Å²) < 4.78 is 0. The van der Waals surface area contributed by atoms with Gasteiger partial charge in [-0.1, -0.05) is 30.4 Å². The molecule has 2 heterocycles. The number of rotatable bonds is 6. The topological polar surface area (TPSA) is 68.2 Å². The molecule has 0 amide bonds. The van der Waals surface area contributed by atoms with Gasteiger partial charge in [-0.15, -0.1) is 0 Å². The number of likely N-dealkylation sites (tertiary alicyclic amines) is 1. The van der Waals surface area contributed by atoms with Crippen LogP contribution in [0.25, 0.3) is 11.1 Å². The van der Waals surface area contributed by atoms with E-state index in [0.29, 0.717) is 6.04 Å². The summed E-state index contributed by atoms with van der Waals surface area (Å²) in [6.07, 6.45) is 12.7. The van der Waals surface area contributed by atoms with Crippen LogP contribution in [0.15, 0.2) is 61.0 Å². The van der Waals surface area contributed by atoms with Crippen LogP contribution in [0.2, 0.25) is 0 Å². The molecule has 1 aromatic heterocycles. The molecule has 142 valence electrons. The maximum atomic E-state index is 6.16. The van der Waals surface area contributed by atoms with Gasteiger partial charge in [0, 0.05) is 36.6 Å². The molecule has 1 atom stereocenters. The van der Waals surface area contributed by atoms with E-state index < -0.39 is 0 Å².